The molecule has 0 radical (unpaired) electrons. The lowest BCUT2D eigenvalue weighted by Crippen LogP contribution is -2.03. The van der Waals surface area contributed by atoms with E-state index >= 15 is 0 Å². The second kappa shape index (κ2) is 4.20. The molecule has 8 heteroatoms. The van der Waals surface area contributed by atoms with Crippen molar-refractivity contribution in [2.75, 3.05) is 11.5 Å². The first kappa shape index (κ1) is 11.9. The van der Waals surface area contributed by atoms with Gasteiger partial charge in [0.1, 0.15) is 0 Å². The van der Waals surface area contributed by atoms with Gasteiger partial charge in [0.05, 0.1) is 41.1 Å². The van der Waals surface area contributed by atoms with Gasteiger partial charge in [-0.3, -0.25) is 0 Å². The van der Waals surface area contributed by atoms with Crippen LogP contribution in [0.1, 0.15) is 6.42 Å². The number of halogens is 2. The first-order chi connectivity index (χ1) is 4.71. The van der Waals surface area contributed by atoms with Crippen molar-refractivity contribution >= 4 is 46.2 Å². The third-order valence-electron chi connectivity index (χ3n) is 0.776. The van der Waals surface area contributed by atoms with Crippen molar-refractivity contribution in [2.45, 2.75) is 6.42 Å². The first-order valence-corrected chi connectivity index (χ1v) is 9.54. The van der Waals surface area contributed by atoms with Crippen LogP contribution in [0.5, 0.6) is 0 Å². The molecule has 0 saturated carbocycles. The highest BCUT2D eigenvalue weighted by atomic mass is 79.9. The lowest BCUT2D eigenvalue weighted by molar-refractivity contribution is 0.606. The van der Waals surface area contributed by atoms with Crippen LogP contribution in [0.15, 0.2) is 0 Å². The average Bonchev–Trinajstić information content (AvgIpc) is 1.55. The molecule has 68 valence electrons. The second-order valence-corrected chi connectivity index (χ2v) is 10.7. The molecule has 0 atom stereocenters. The van der Waals surface area contributed by atoms with Crippen LogP contribution in [-0.2, 0) is 16.5 Å². The summed E-state index contributed by atoms with van der Waals surface area (Å²) in [6.45, 7) is 0. The summed E-state index contributed by atoms with van der Waals surface area (Å²) < 4.78 is 41.7. The molecule has 0 bridgehead atoms. The third kappa shape index (κ3) is 10.9. The van der Waals surface area contributed by atoms with Crippen LogP contribution in [0, 0.1) is 0 Å². The van der Waals surface area contributed by atoms with Crippen molar-refractivity contribution in [3.05, 3.63) is 0 Å². The van der Waals surface area contributed by atoms with Crippen molar-refractivity contribution in [1.29, 1.82) is 0 Å². The molecule has 0 unspecified atom stereocenters. The molecule has 0 aliphatic heterocycles. The van der Waals surface area contributed by atoms with E-state index in [4.69, 9.17) is 0 Å². The van der Waals surface area contributed by atoms with Crippen LogP contribution in [-0.4, -0.2) is 28.3 Å². The highest BCUT2D eigenvalue weighted by molar-refractivity contribution is 9.47. The Balaban J connectivity index is 3.79. The van der Waals surface area contributed by atoms with Crippen LogP contribution in [0.3, 0.4) is 0 Å². The Morgan fingerprint density at radius 2 is 1.09 bits per heavy atom. The second-order valence-electron chi connectivity index (χ2n) is 1.84. The van der Waals surface area contributed by atoms with Gasteiger partial charge in [-0.15, -0.1) is 0 Å². The molecular formula is C3H6Br2O4S2. The molecule has 11 heavy (non-hydrogen) atoms. The van der Waals surface area contributed by atoms with Crippen molar-refractivity contribution in [1.82, 2.24) is 0 Å². The summed E-state index contributed by atoms with van der Waals surface area (Å²) in [6.07, 6.45) is 0.0984. The lowest BCUT2D eigenvalue weighted by Gasteiger charge is -1.93. The molecule has 0 aromatic heterocycles. The van der Waals surface area contributed by atoms with E-state index in [1.807, 2.05) is 0 Å². The van der Waals surface area contributed by atoms with Gasteiger partial charge in [-0.05, 0) is 6.42 Å². The van der Waals surface area contributed by atoms with Gasteiger partial charge in [0.2, 0.25) is 16.5 Å². The van der Waals surface area contributed by atoms with Crippen LogP contribution < -0.4 is 0 Å². The first-order valence-electron chi connectivity index (χ1n) is 2.55. The lowest BCUT2D eigenvalue weighted by atomic mass is 10.6. The van der Waals surface area contributed by atoms with Gasteiger partial charge >= 0.3 is 0 Å². The highest BCUT2D eigenvalue weighted by Crippen LogP contribution is 2.07. The summed E-state index contributed by atoms with van der Waals surface area (Å²) >= 11 is 4.82. The van der Waals surface area contributed by atoms with Crippen LogP contribution in [0.2, 0.25) is 0 Å². The van der Waals surface area contributed by atoms with Gasteiger partial charge < -0.3 is 0 Å². The van der Waals surface area contributed by atoms with Crippen molar-refractivity contribution in [3.8, 4) is 0 Å². The van der Waals surface area contributed by atoms with E-state index < -0.39 is 16.5 Å². The fraction of sp³-hybridized carbons (Fsp3) is 1.00. The fourth-order valence-electron chi connectivity index (χ4n) is 0.404. The Morgan fingerprint density at radius 1 is 0.818 bits per heavy atom. The Labute approximate surface area is 80.6 Å². The van der Waals surface area contributed by atoms with Crippen LogP contribution in [0.4, 0.5) is 0 Å². The molecule has 0 saturated heterocycles. The van der Waals surface area contributed by atoms with Gasteiger partial charge in [-0.25, -0.2) is 16.8 Å². The zero-order valence-corrected chi connectivity index (χ0v) is 10.1. The van der Waals surface area contributed by atoms with E-state index in [2.05, 4.69) is 29.6 Å². The summed E-state index contributed by atoms with van der Waals surface area (Å²) in [5, 5.41) is 0. The Hall–Kier alpha value is 0.860. The van der Waals surface area contributed by atoms with E-state index in [9.17, 15) is 16.8 Å². The minimum atomic E-state index is -3.22. The summed E-state index contributed by atoms with van der Waals surface area (Å²) in [6, 6.07) is 0. The standard InChI is InChI=1S/C3H6Br2O4S2/c4-10(6,7)2-1-3-11(5,8)9/h1-3H2. The zero-order valence-electron chi connectivity index (χ0n) is 5.33. The third-order valence-corrected chi connectivity index (χ3v) is 4.27. The van der Waals surface area contributed by atoms with Crippen molar-refractivity contribution in [2.24, 2.45) is 0 Å². The Kier molecular flexibility index (Phi) is 4.53. The van der Waals surface area contributed by atoms with Crippen LogP contribution in [0.25, 0.3) is 0 Å². The van der Waals surface area contributed by atoms with Crippen molar-refractivity contribution < 1.29 is 16.8 Å². The predicted molar refractivity (Wildman–Crippen MR) is 50.0 cm³/mol. The molecule has 0 aromatic rings. The number of rotatable bonds is 4. The fourth-order valence-corrected chi connectivity index (χ4v) is 2.94. The molecule has 0 aliphatic rings. The summed E-state index contributed by atoms with van der Waals surface area (Å²) in [4.78, 5) is 0. The zero-order chi connectivity index (χ0) is 9.12. The molecule has 0 spiro atoms. The maximum Gasteiger partial charge on any atom is 0.209 e. The highest BCUT2D eigenvalue weighted by Gasteiger charge is 2.08. The van der Waals surface area contributed by atoms with Gasteiger partial charge in [-0.2, -0.15) is 0 Å². The molecule has 0 aromatic carbocycles. The molecule has 0 amide bonds. The number of hydrogen-bond acceptors (Lipinski definition) is 4. The van der Waals surface area contributed by atoms with E-state index in [1.165, 1.54) is 0 Å². The minimum absolute atomic E-state index is 0.0984. The average molecular weight is 330 g/mol. The number of hydrogen-bond donors (Lipinski definition) is 0. The molecular weight excluding hydrogens is 324 g/mol. The largest absolute Gasteiger partial charge is 0.217 e. The summed E-state index contributed by atoms with van der Waals surface area (Å²) in [5.41, 5.74) is 0. The molecule has 0 N–H and O–H groups in total. The van der Waals surface area contributed by atoms with E-state index in [0.717, 1.165) is 0 Å². The molecule has 0 aliphatic carbocycles. The van der Waals surface area contributed by atoms with Gasteiger partial charge in [0.25, 0.3) is 0 Å². The molecule has 0 rings (SSSR count). The maximum atomic E-state index is 10.4. The van der Waals surface area contributed by atoms with Gasteiger partial charge in [0.15, 0.2) is 0 Å². The normalized spacial score (nSPS) is 13.3. The van der Waals surface area contributed by atoms with E-state index in [1.54, 1.807) is 0 Å². The SMILES string of the molecule is O=S(=O)(Br)CCCS(=O)(=O)Br. The molecule has 4 nitrogen and oxygen atoms in total. The Morgan fingerprint density at radius 3 is 1.27 bits per heavy atom. The predicted octanol–water partition coefficient (Wildman–Crippen LogP) is 0.826. The Bertz CT molecular complexity index is 270. The van der Waals surface area contributed by atoms with Gasteiger partial charge in [-0.1, -0.05) is 0 Å². The molecule has 0 fully saturated rings. The van der Waals surface area contributed by atoms with Crippen molar-refractivity contribution in [3.63, 3.8) is 0 Å². The van der Waals surface area contributed by atoms with Gasteiger partial charge in [0, 0.05) is 0 Å². The smallest absolute Gasteiger partial charge is 0.209 e. The van der Waals surface area contributed by atoms with E-state index in [-0.39, 0.29) is 17.9 Å². The van der Waals surface area contributed by atoms with Crippen LogP contribution >= 0.6 is 29.6 Å². The van der Waals surface area contributed by atoms with E-state index in [0.29, 0.717) is 0 Å². The summed E-state index contributed by atoms with van der Waals surface area (Å²) in [5.74, 6) is -0.338. The molecule has 0 heterocycles. The topological polar surface area (TPSA) is 68.3 Å². The summed E-state index contributed by atoms with van der Waals surface area (Å²) in [7, 11) is -6.44. The maximum absolute atomic E-state index is 10.4. The minimum Gasteiger partial charge on any atom is -0.217 e. The quantitative estimate of drug-likeness (QED) is 0.716. The monoisotopic (exact) mass is 328 g/mol.